The van der Waals surface area contributed by atoms with Gasteiger partial charge in [0.2, 0.25) is 0 Å². The van der Waals surface area contributed by atoms with Crippen molar-refractivity contribution in [2.45, 2.75) is 32.8 Å². The van der Waals surface area contributed by atoms with E-state index in [1.807, 2.05) is 20.8 Å². The van der Waals surface area contributed by atoms with Crippen molar-refractivity contribution in [3.05, 3.63) is 0 Å². The molecule has 0 bridgehead atoms. The molecule has 0 aromatic heterocycles. The normalized spacial score (nSPS) is 33.2. The van der Waals surface area contributed by atoms with Crippen molar-refractivity contribution < 1.29 is 9.53 Å². The summed E-state index contributed by atoms with van der Waals surface area (Å²) in [4.78, 5) is 13.3. The van der Waals surface area contributed by atoms with E-state index in [2.05, 4.69) is 6.07 Å². The molecule has 0 aromatic rings. The van der Waals surface area contributed by atoms with E-state index in [1.165, 1.54) is 0 Å². The van der Waals surface area contributed by atoms with Gasteiger partial charge in [0.05, 0.1) is 11.5 Å². The molecule has 0 N–H and O–H groups in total. The lowest BCUT2D eigenvalue weighted by molar-refractivity contribution is 0.0268. The van der Waals surface area contributed by atoms with Crippen molar-refractivity contribution in [1.29, 1.82) is 5.26 Å². The quantitative estimate of drug-likeness (QED) is 0.609. The van der Waals surface area contributed by atoms with E-state index in [1.54, 1.807) is 4.90 Å². The van der Waals surface area contributed by atoms with Crippen LogP contribution in [-0.2, 0) is 4.74 Å². The Labute approximate surface area is 89.8 Å². The molecule has 2 rings (SSSR count). The van der Waals surface area contributed by atoms with Crippen LogP contribution in [0.2, 0.25) is 0 Å². The van der Waals surface area contributed by atoms with E-state index in [9.17, 15) is 4.79 Å². The van der Waals surface area contributed by atoms with Gasteiger partial charge >= 0.3 is 6.09 Å². The summed E-state index contributed by atoms with van der Waals surface area (Å²) in [7, 11) is 0. The maximum atomic E-state index is 11.7. The lowest BCUT2D eigenvalue weighted by Crippen LogP contribution is -2.37. The average molecular weight is 208 g/mol. The summed E-state index contributed by atoms with van der Waals surface area (Å²) < 4.78 is 5.26. The summed E-state index contributed by atoms with van der Waals surface area (Å²) in [5.74, 6) is 0.384. The van der Waals surface area contributed by atoms with E-state index in [0.29, 0.717) is 19.0 Å². The lowest BCUT2D eigenvalue weighted by Gasteiger charge is -2.25. The predicted octanol–water partition coefficient (Wildman–Crippen LogP) is 1.77. The Balaban J connectivity index is 1.93. The van der Waals surface area contributed by atoms with Crippen LogP contribution in [0.1, 0.15) is 27.2 Å². The summed E-state index contributed by atoms with van der Waals surface area (Å²) in [5.41, 5.74) is -0.694. The number of hydrogen-bond donors (Lipinski definition) is 0. The molecule has 0 spiro atoms. The van der Waals surface area contributed by atoms with Crippen molar-refractivity contribution in [3.63, 3.8) is 0 Å². The van der Waals surface area contributed by atoms with E-state index < -0.39 is 5.60 Å². The number of likely N-dealkylation sites (tertiary alicyclic amines) is 1. The van der Waals surface area contributed by atoms with Gasteiger partial charge in [0.15, 0.2) is 0 Å². The van der Waals surface area contributed by atoms with Crippen LogP contribution in [0.25, 0.3) is 0 Å². The largest absolute Gasteiger partial charge is 0.444 e. The Morgan fingerprint density at radius 1 is 1.60 bits per heavy atom. The number of hydrogen-bond acceptors (Lipinski definition) is 3. The fourth-order valence-electron chi connectivity index (χ4n) is 2.12. The molecular weight excluding hydrogens is 192 g/mol. The molecule has 2 atom stereocenters. The molecule has 1 heterocycles. The molecule has 1 aliphatic heterocycles. The first kappa shape index (κ1) is 10.3. The van der Waals surface area contributed by atoms with Crippen molar-refractivity contribution >= 4 is 6.09 Å². The van der Waals surface area contributed by atoms with Gasteiger partial charge in [-0.05, 0) is 33.1 Å². The minimum atomic E-state index is -0.455. The highest BCUT2D eigenvalue weighted by molar-refractivity contribution is 5.69. The third-order valence-electron chi connectivity index (χ3n) is 3.02. The molecule has 1 saturated carbocycles. The molecule has 0 aromatic carbocycles. The molecule has 1 aliphatic carbocycles. The Kier molecular flexibility index (Phi) is 1.97. The van der Waals surface area contributed by atoms with Crippen LogP contribution < -0.4 is 0 Å². The average Bonchev–Trinajstić information content (AvgIpc) is 2.66. The minimum Gasteiger partial charge on any atom is -0.444 e. The molecule has 0 unspecified atom stereocenters. The number of nitrogens with zero attached hydrogens (tertiary/aromatic N) is 2. The maximum Gasteiger partial charge on any atom is 0.410 e. The number of carbonyl (C=O) groups excluding carboxylic acids is 1. The molecule has 4 heteroatoms. The number of ether oxygens (including phenoxy) is 1. The first-order valence-corrected chi connectivity index (χ1v) is 5.25. The second kappa shape index (κ2) is 2.88. The Bertz CT molecular complexity index is 339. The highest BCUT2D eigenvalue weighted by Gasteiger charge is 2.62. The smallest absolute Gasteiger partial charge is 0.410 e. The molecule has 2 aliphatic rings. The number of piperidine rings is 1. The van der Waals surface area contributed by atoms with Crippen LogP contribution in [0.5, 0.6) is 0 Å². The van der Waals surface area contributed by atoms with E-state index >= 15 is 0 Å². The maximum absolute atomic E-state index is 11.7. The van der Waals surface area contributed by atoms with Crippen molar-refractivity contribution in [1.82, 2.24) is 4.90 Å². The first-order chi connectivity index (χ1) is 6.86. The third kappa shape index (κ3) is 1.79. The van der Waals surface area contributed by atoms with E-state index in [0.717, 1.165) is 6.42 Å². The summed E-state index contributed by atoms with van der Waals surface area (Å²) >= 11 is 0. The zero-order chi connectivity index (χ0) is 11.3. The Morgan fingerprint density at radius 3 is 2.73 bits per heavy atom. The minimum absolute atomic E-state index is 0.239. The molecule has 4 nitrogen and oxygen atoms in total. The van der Waals surface area contributed by atoms with Crippen LogP contribution in [-0.4, -0.2) is 29.7 Å². The van der Waals surface area contributed by atoms with E-state index in [-0.39, 0.29) is 11.5 Å². The van der Waals surface area contributed by atoms with Gasteiger partial charge in [-0.1, -0.05) is 0 Å². The molecule has 1 saturated heterocycles. The summed E-state index contributed by atoms with van der Waals surface area (Å²) in [5, 5.41) is 8.97. The number of nitriles is 1. The van der Waals surface area contributed by atoms with Gasteiger partial charge in [-0.2, -0.15) is 5.26 Å². The van der Waals surface area contributed by atoms with Gasteiger partial charge < -0.3 is 9.64 Å². The van der Waals surface area contributed by atoms with Crippen molar-refractivity contribution in [2.24, 2.45) is 11.3 Å². The number of rotatable bonds is 0. The summed E-state index contributed by atoms with van der Waals surface area (Å²) in [6, 6.07) is 2.31. The zero-order valence-electron chi connectivity index (χ0n) is 9.41. The second-order valence-electron chi connectivity index (χ2n) is 5.53. The first-order valence-electron chi connectivity index (χ1n) is 5.25. The molecule has 0 radical (unpaired) electrons. The van der Waals surface area contributed by atoms with Gasteiger partial charge in [-0.3, -0.25) is 0 Å². The standard InChI is InChI=1S/C11H16N2O2/c1-10(2,3)15-9(14)13-5-8-4-11(8,6-12)7-13/h8H,4-5,7H2,1-3H3/t8-,11+/m0/s1. The second-order valence-corrected chi connectivity index (χ2v) is 5.53. The van der Waals surface area contributed by atoms with Crippen LogP contribution >= 0.6 is 0 Å². The van der Waals surface area contributed by atoms with Crippen molar-refractivity contribution in [2.75, 3.05) is 13.1 Å². The van der Waals surface area contributed by atoms with Gasteiger partial charge in [0.1, 0.15) is 5.60 Å². The fourth-order valence-corrected chi connectivity index (χ4v) is 2.12. The Hall–Kier alpha value is -1.24. The molecule has 15 heavy (non-hydrogen) atoms. The van der Waals surface area contributed by atoms with Crippen LogP contribution in [0.4, 0.5) is 4.79 Å². The topological polar surface area (TPSA) is 53.3 Å². The molecule has 82 valence electrons. The van der Waals surface area contributed by atoms with Crippen molar-refractivity contribution in [3.8, 4) is 6.07 Å². The highest BCUT2D eigenvalue weighted by Crippen LogP contribution is 2.57. The van der Waals surface area contributed by atoms with Crippen LogP contribution in [0.15, 0.2) is 0 Å². The number of amides is 1. The van der Waals surface area contributed by atoms with Gasteiger partial charge in [0.25, 0.3) is 0 Å². The SMILES string of the molecule is CC(C)(C)OC(=O)N1C[C@@H]2C[C@@]2(C#N)C1. The molecule has 2 fully saturated rings. The highest BCUT2D eigenvalue weighted by atomic mass is 16.6. The zero-order valence-corrected chi connectivity index (χ0v) is 9.41. The molecular formula is C11H16N2O2. The summed E-state index contributed by atoms with van der Waals surface area (Å²) in [6.07, 6.45) is 0.660. The third-order valence-corrected chi connectivity index (χ3v) is 3.02. The Morgan fingerprint density at radius 2 is 2.27 bits per heavy atom. The van der Waals surface area contributed by atoms with Crippen LogP contribution in [0.3, 0.4) is 0 Å². The lowest BCUT2D eigenvalue weighted by atomic mass is 10.1. The van der Waals surface area contributed by atoms with E-state index in [4.69, 9.17) is 10.00 Å². The van der Waals surface area contributed by atoms with Gasteiger partial charge in [-0.15, -0.1) is 0 Å². The predicted molar refractivity (Wildman–Crippen MR) is 54.0 cm³/mol. The number of fused-ring (bicyclic) bond motifs is 1. The monoisotopic (exact) mass is 208 g/mol. The fraction of sp³-hybridized carbons (Fsp3) is 0.818. The van der Waals surface area contributed by atoms with Gasteiger partial charge in [0, 0.05) is 13.1 Å². The summed E-state index contributed by atoms with van der Waals surface area (Å²) in [6.45, 7) is 6.77. The number of carbonyl (C=O) groups is 1. The molecule has 1 amide bonds. The van der Waals surface area contributed by atoms with Gasteiger partial charge in [-0.25, -0.2) is 4.79 Å². The van der Waals surface area contributed by atoms with Crippen LogP contribution in [0, 0.1) is 22.7 Å².